The van der Waals surface area contributed by atoms with E-state index >= 15 is 0 Å². The Morgan fingerprint density at radius 2 is 2.21 bits per heavy atom. The van der Waals surface area contributed by atoms with E-state index in [0.29, 0.717) is 5.88 Å². The normalized spacial score (nSPS) is 16.5. The number of carbonyl (C=O) groups is 1. The summed E-state index contributed by atoms with van der Waals surface area (Å²) in [4.78, 5) is 18.1. The molecule has 0 unspecified atom stereocenters. The lowest BCUT2D eigenvalue weighted by molar-refractivity contribution is -0.122. The lowest BCUT2D eigenvalue weighted by Gasteiger charge is -2.33. The fraction of sp³-hybridized carbons (Fsp3) is 0.571. The molecule has 1 aliphatic heterocycles. The largest absolute Gasteiger partial charge is 0.481 e. The van der Waals surface area contributed by atoms with Crippen LogP contribution in [0.3, 0.4) is 0 Å². The lowest BCUT2D eigenvalue weighted by Crippen LogP contribution is -2.38. The fourth-order valence-electron chi connectivity index (χ4n) is 2.56. The predicted molar refractivity (Wildman–Crippen MR) is 74.5 cm³/mol. The predicted octanol–water partition coefficient (Wildman–Crippen LogP) is 1.14. The second kappa shape index (κ2) is 6.02. The molecule has 0 amide bonds. The van der Waals surface area contributed by atoms with Crippen molar-refractivity contribution in [2.24, 2.45) is 11.7 Å². The molecular formula is C14H21N3O2. The maximum absolute atomic E-state index is 11.6. The van der Waals surface area contributed by atoms with Crippen LogP contribution in [0.15, 0.2) is 12.3 Å². The van der Waals surface area contributed by atoms with Crippen molar-refractivity contribution in [1.82, 2.24) is 4.98 Å². The average Bonchev–Trinajstić information content (AvgIpc) is 2.47. The van der Waals surface area contributed by atoms with Crippen LogP contribution in [0.25, 0.3) is 0 Å². The molecule has 2 heterocycles. The zero-order chi connectivity index (χ0) is 13.8. The number of carbonyl (C=O) groups excluding carboxylic acids is 1. The van der Waals surface area contributed by atoms with Gasteiger partial charge in [0.15, 0.2) is 0 Å². The smallest absolute Gasteiger partial charge is 0.215 e. The molecule has 5 nitrogen and oxygen atoms in total. The first-order chi connectivity index (χ1) is 9.15. The van der Waals surface area contributed by atoms with E-state index in [1.165, 1.54) is 0 Å². The molecule has 0 atom stereocenters. The summed E-state index contributed by atoms with van der Waals surface area (Å²) in [6.07, 6.45) is 3.57. The van der Waals surface area contributed by atoms with Crippen molar-refractivity contribution in [2.45, 2.75) is 19.8 Å². The molecule has 0 aromatic carbocycles. The molecule has 2 N–H and O–H groups in total. The summed E-state index contributed by atoms with van der Waals surface area (Å²) in [6.45, 7) is 3.96. The highest BCUT2D eigenvalue weighted by atomic mass is 16.5. The Hall–Kier alpha value is -1.62. The molecular weight excluding hydrogens is 242 g/mol. The van der Waals surface area contributed by atoms with Crippen molar-refractivity contribution in [3.8, 4) is 5.88 Å². The molecule has 0 radical (unpaired) electrons. The van der Waals surface area contributed by atoms with Gasteiger partial charge in [-0.25, -0.2) is 4.98 Å². The van der Waals surface area contributed by atoms with Crippen LogP contribution in [-0.4, -0.2) is 37.5 Å². The number of nitrogens with two attached hydrogens (primary N) is 1. The Morgan fingerprint density at radius 1 is 1.53 bits per heavy atom. The number of rotatable bonds is 4. The number of Topliss-reactive ketones (excluding diaryl/α,β-unsaturated/α-hetero) is 1. The van der Waals surface area contributed by atoms with Crippen LogP contribution in [0.2, 0.25) is 0 Å². The zero-order valence-corrected chi connectivity index (χ0v) is 11.6. The summed E-state index contributed by atoms with van der Waals surface area (Å²) in [6, 6.07) is 1.96. The average molecular weight is 263 g/mol. The van der Waals surface area contributed by atoms with Crippen molar-refractivity contribution in [1.29, 1.82) is 0 Å². The molecule has 0 bridgehead atoms. The van der Waals surface area contributed by atoms with Gasteiger partial charge < -0.3 is 15.4 Å². The maximum atomic E-state index is 11.6. The van der Waals surface area contributed by atoms with E-state index in [-0.39, 0.29) is 18.2 Å². The van der Waals surface area contributed by atoms with Crippen LogP contribution in [0.1, 0.15) is 18.4 Å². The summed E-state index contributed by atoms with van der Waals surface area (Å²) < 4.78 is 5.17. The highest BCUT2D eigenvalue weighted by Crippen LogP contribution is 2.28. The number of ether oxygens (including phenoxy) is 1. The SMILES string of the molecule is COc1cc(N2CCC(C(=O)CN)CC2)c(C)cn1. The van der Waals surface area contributed by atoms with E-state index < -0.39 is 0 Å². The van der Waals surface area contributed by atoms with E-state index in [9.17, 15) is 4.79 Å². The van der Waals surface area contributed by atoms with E-state index in [1.807, 2.05) is 19.2 Å². The Labute approximate surface area is 113 Å². The third kappa shape index (κ3) is 3.04. The van der Waals surface area contributed by atoms with Crippen LogP contribution in [0, 0.1) is 12.8 Å². The molecule has 0 saturated carbocycles. The van der Waals surface area contributed by atoms with Crippen LogP contribution < -0.4 is 15.4 Å². The van der Waals surface area contributed by atoms with Crippen molar-refractivity contribution >= 4 is 11.5 Å². The number of ketones is 1. The van der Waals surface area contributed by atoms with Crippen molar-refractivity contribution in [3.05, 3.63) is 17.8 Å². The number of anilines is 1. The molecule has 2 rings (SSSR count). The van der Waals surface area contributed by atoms with Gasteiger partial charge in [-0.1, -0.05) is 0 Å². The minimum Gasteiger partial charge on any atom is -0.481 e. The first kappa shape index (κ1) is 13.8. The van der Waals surface area contributed by atoms with Gasteiger partial charge in [0.1, 0.15) is 5.78 Å². The molecule has 1 aromatic rings. The molecule has 0 aliphatic carbocycles. The van der Waals surface area contributed by atoms with Crippen molar-refractivity contribution in [2.75, 3.05) is 31.6 Å². The molecule has 0 spiro atoms. The molecule has 5 heteroatoms. The highest BCUT2D eigenvalue weighted by Gasteiger charge is 2.24. The van der Waals surface area contributed by atoms with Crippen molar-refractivity contribution in [3.63, 3.8) is 0 Å². The van der Waals surface area contributed by atoms with Crippen LogP contribution >= 0.6 is 0 Å². The standard InChI is InChI=1S/C14H21N3O2/c1-10-9-16-14(19-2)7-12(10)17-5-3-11(4-6-17)13(18)8-15/h7,9,11H,3-6,8,15H2,1-2H3. The summed E-state index contributed by atoms with van der Waals surface area (Å²) >= 11 is 0. The lowest BCUT2D eigenvalue weighted by atomic mass is 9.92. The Morgan fingerprint density at radius 3 is 2.79 bits per heavy atom. The molecule has 1 saturated heterocycles. The highest BCUT2D eigenvalue weighted by molar-refractivity contribution is 5.83. The van der Waals surface area contributed by atoms with Gasteiger partial charge in [0, 0.05) is 37.0 Å². The summed E-state index contributed by atoms with van der Waals surface area (Å²) in [5, 5.41) is 0. The second-order valence-electron chi connectivity index (χ2n) is 4.94. The molecule has 1 aliphatic rings. The monoisotopic (exact) mass is 263 g/mol. The Balaban J connectivity index is 2.07. The summed E-state index contributed by atoms with van der Waals surface area (Å²) in [7, 11) is 1.62. The molecule has 1 aromatic heterocycles. The number of aromatic nitrogens is 1. The third-order valence-electron chi connectivity index (χ3n) is 3.75. The number of hydrogen-bond acceptors (Lipinski definition) is 5. The van der Waals surface area contributed by atoms with Crippen LogP contribution in [0.5, 0.6) is 5.88 Å². The van der Waals surface area contributed by atoms with E-state index in [1.54, 1.807) is 7.11 Å². The number of nitrogens with zero attached hydrogens (tertiary/aromatic N) is 2. The number of aryl methyl sites for hydroxylation is 1. The topological polar surface area (TPSA) is 68.5 Å². The van der Waals surface area contributed by atoms with E-state index in [4.69, 9.17) is 10.5 Å². The third-order valence-corrected chi connectivity index (χ3v) is 3.75. The Bertz CT molecular complexity index is 454. The van der Waals surface area contributed by atoms with Gasteiger partial charge in [-0.2, -0.15) is 0 Å². The molecule has 19 heavy (non-hydrogen) atoms. The van der Waals surface area contributed by atoms with E-state index in [0.717, 1.165) is 37.2 Å². The van der Waals surface area contributed by atoms with Gasteiger partial charge in [0.05, 0.1) is 13.7 Å². The zero-order valence-electron chi connectivity index (χ0n) is 11.6. The first-order valence-corrected chi connectivity index (χ1v) is 6.64. The molecule has 1 fully saturated rings. The van der Waals surface area contributed by atoms with E-state index in [2.05, 4.69) is 9.88 Å². The van der Waals surface area contributed by atoms with Gasteiger partial charge >= 0.3 is 0 Å². The quantitative estimate of drug-likeness (QED) is 0.882. The van der Waals surface area contributed by atoms with Gasteiger partial charge in [-0.15, -0.1) is 0 Å². The number of piperidine rings is 1. The number of hydrogen-bond donors (Lipinski definition) is 1. The van der Waals surface area contributed by atoms with Crippen molar-refractivity contribution < 1.29 is 9.53 Å². The number of methoxy groups -OCH3 is 1. The minimum absolute atomic E-state index is 0.130. The second-order valence-corrected chi connectivity index (χ2v) is 4.94. The number of pyridine rings is 1. The van der Waals surface area contributed by atoms with Crippen LogP contribution in [-0.2, 0) is 4.79 Å². The summed E-state index contributed by atoms with van der Waals surface area (Å²) in [5.74, 6) is 0.940. The van der Waals surface area contributed by atoms with Gasteiger partial charge in [0.2, 0.25) is 5.88 Å². The first-order valence-electron chi connectivity index (χ1n) is 6.64. The van der Waals surface area contributed by atoms with Gasteiger partial charge in [-0.3, -0.25) is 4.79 Å². The molecule has 104 valence electrons. The summed E-state index contributed by atoms with van der Waals surface area (Å²) in [5.41, 5.74) is 7.70. The van der Waals surface area contributed by atoms with Crippen LogP contribution in [0.4, 0.5) is 5.69 Å². The Kier molecular flexibility index (Phi) is 4.37. The maximum Gasteiger partial charge on any atom is 0.215 e. The minimum atomic E-state index is 0.130. The van der Waals surface area contributed by atoms with Gasteiger partial charge in [-0.05, 0) is 25.3 Å². The fourth-order valence-corrected chi connectivity index (χ4v) is 2.56. The van der Waals surface area contributed by atoms with Gasteiger partial charge in [0.25, 0.3) is 0 Å².